The maximum Gasteiger partial charge on any atom is 0.345 e. The van der Waals surface area contributed by atoms with Crippen LogP contribution in [0.1, 0.15) is 53.7 Å². The molecule has 32 heavy (non-hydrogen) atoms. The summed E-state index contributed by atoms with van der Waals surface area (Å²) < 4.78 is 2.04. The van der Waals surface area contributed by atoms with E-state index >= 15 is 0 Å². The number of nitrogens with one attached hydrogen (secondary N) is 1. The van der Waals surface area contributed by atoms with E-state index in [0.717, 1.165) is 21.7 Å². The molecule has 0 saturated carbocycles. The number of carboxylic acids is 1. The SMILES string of the molecule is CC(=N)C(C(C)=O)c1cnc2c(-c3ccc(C(=O)O)s3)cn([C@@H](C)c3ccccn3)c2c1. The number of aromatic nitrogens is 3. The third-order valence-electron chi connectivity index (χ3n) is 5.48. The molecule has 2 N–H and O–H groups in total. The number of pyridine rings is 2. The number of carboxylic acid groups (broad SMARTS) is 1. The van der Waals surface area contributed by atoms with Crippen molar-refractivity contribution in [1.82, 2.24) is 14.5 Å². The molecule has 0 radical (unpaired) electrons. The third-order valence-corrected chi connectivity index (χ3v) is 6.58. The van der Waals surface area contributed by atoms with Gasteiger partial charge >= 0.3 is 5.97 Å². The second kappa shape index (κ2) is 8.47. The summed E-state index contributed by atoms with van der Waals surface area (Å²) in [5.41, 5.74) is 4.12. The Hall–Kier alpha value is -3.65. The molecule has 0 amide bonds. The molecule has 7 nitrogen and oxygen atoms in total. The zero-order valence-electron chi connectivity index (χ0n) is 17.9. The molecule has 1 unspecified atom stereocenters. The van der Waals surface area contributed by atoms with Crippen molar-refractivity contribution in [3.05, 3.63) is 71.1 Å². The van der Waals surface area contributed by atoms with E-state index in [1.54, 1.807) is 31.5 Å². The molecule has 0 aliphatic rings. The van der Waals surface area contributed by atoms with Crippen LogP contribution in [-0.2, 0) is 4.79 Å². The van der Waals surface area contributed by atoms with Crippen LogP contribution in [0.15, 0.2) is 55.0 Å². The number of ketones is 1. The van der Waals surface area contributed by atoms with Crippen molar-refractivity contribution in [2.45, 2.75) is 32.7 Å². The molecule has 4 rings (SSSR count). The number of carbonyl (C=O) groups is 2. The minimum Gasteiger partial charge on any atom is -0.477 e. The summed E-state index contributed by atoms with van der Waals surface area (Å²) in [5, 5.41) is 17.4. The summed E-state index contributed by atoms with van der Waals surface area (Å²) in [6.45, 7) is 5.13. The summed E-state index contributed by atoms with van der Waals surface area (Å²) in [4.78, 5) is 33.8. The lowest BCUT2D eigenvalue weighted by molar-refractivity contribution is -0.117. The van der Waals surface area contributed by atoms with Crippen molar-refractivity contribution < 1.29 is 14.7 Å². The van der Waals surface area contributed by atoms with Gasteiger partial charge in [-0.2, -0.15) is 0 Å². The fourth-order valence-corrected chi connectivity index (χ4v) is 4.81. The van der Waals surface area contributed by atoms with Gasteiger partial charge in [-0.1, -0.05) is 6.07 Å². The highest BCUT2D eigenvalue weighted by atomic mass is 32.1. The Morgan fingerprint density at radius 3 is 2.53 bits per heavy atom. The molecule has 4 aromatic heterocycles. The summed E-state index contributed by atoms with van der Waals surface area (Å²) in [6.07, 6.45) is 5.33. The third kappa shape index (κ3) is 3.85. The molecule has 4 aromatic rings. The second-order valence-electron chi connectivity index (χ2n) is 7.71. The lowest BCUT2D eigenvalue weighted by Gasteiger charge is -2.16. The van der Waals surface area contributed by atoms with Crippen LogP contribution in [0.5, 0.6) is 0 Å². The van der Waals surface area contributed by atoms with E-state index in [1.807, 2.05) is 42.0 Å². The molecule has 162 valence electrons. The van der Waals surface area contributed by atoms with Crippen LogP contribution < -0.4 is 0 Å². The zero-order valence-corrected chi connectivity index (χ0v) is 18.7. The number of Topliss-reactive ketones (excluding diaryl/α,β-unsaturated/α-hetero) is 1. The molecule has 0 spiro atoms. The predicted molar refractivity (Wildman–Crippen MR) is 125 cm³/mol. The van der Waals surface area contributed by atoms with Gasteiger partial charge in [-0.05, 0) is 56.7 Å². The van der Waals surface area contributed by atoms with Crippen molar-refractivity contribution in [3.63, 3.8) is 0 Å². The van der Waals surface area contributed by atoms with E-state index in [-0.39, 0.29) is 22.4 Å². The smallest absolute Gasteiger partial charge is 0.345 e. The van der Waals surface area contributed by atoms with Crippen LogP contribution >= 0.6 is 11.3 Å². The molecule has 0 bridgehead atoms. The van der Waals surface area contributed by atoms with Gasteiger partial charge in [0.2, 0.25) is 0 Å². The van der Waals surface area contributed by atoms with Gasteiger partial charge in [-0.3, -0.25) is 14.8 Å². The van der Waals surface area contributed by atoms with Crippen LogP contribution in [0, 0.1) is 5.41 Å². The van der Waals surface area contributed by atoms with Gasteiger partial charge < -0.3 is 15.1 Å². The standard InChI is InChI=1S/C24H22N4O3S/c1-13(25)22(15(3)29)16-10-19-23(27-11-16)17(20-7-8-21(32-20)24(30)31)12-28(19)14(2)18-6-4-5-9-26-18/h4-12,14,22,25H,1-3H3,(H,30,31)/t14-,22?/m0/s1. The van der Waals surface area contributed by atoms with Gasteiger partial charge in [0, 0.05) is 34.7 Å². The molecule has 4 heterocycles. The topological polar surface area (TPSA) is 109 Å². The lowest BCUT2D eigenvalue weighted by Crippen LogP contribution is -2.17. The van der Waals surface area contributed by atoms with Gasteiger partial charge in [-0.15, -0.1) is 11.3 Å². The summed E-state index contributed by atoms with van der Waals surface area (Å²) in [7, 11) is 0. The highest BCUT2D eigenvalue weighted by Gasteiger charge is 2.24. The van der Waals surface area contributed by atoms with Crippen LogP contribution in [0.25, 0.3) is 21.5 Å². The second-order valence-corrected chi connectivity index (χ2v) is 8.80. The number of fused-ring (bicyclic) bond motifs is 1. The first-order valence-corrected chi connectivity index (χ1v) is 10.9. The minimum absolute atomic E-state index is 0.112. The highest BCUT2D eigenvalue weighted by Crippen LogP contribution is 2.37. The summed E-state index contributed by atoms with van der Waals surface area (Å²) in [6, 6.07) is 10.9. The van der Waals surface area contributed by atoms with E-state index < -0.39 is 11.9 Å². The quantitative estimate of drug-likeness (QED) is 0.380. The average Bonchev–Trinajstić information content (AvgIpc) is 3.38. The van der Waals surface area contributed by atoms with Gasteiger partial charge in [0.05, 0.1) is 28.7 Å². The van der Waals surface area contributed by atoms with Crippen molar-refractivity contribution >= 4 is 39.8 Å². The van der Waals surface area contributed by atoms with Crippen molar-refractivity contribution in [2.24, 2.45) is 0 Å². The van der Waals surface area contributed by atoms with Gasteiger partial charge in [0.15, 0.2) is 0 Å². The van der Waals surface area contributed by atoms with Crippen LogP contribution in [0.3, 0.4) is 0 Å². The first-order valence-electron chi connectivity index (χ1n) is 10.1. The molecule has 0 fully saturated rings. The summed E-state index contributed by atoms with van der Waals surface area (Å²) >= 11 is 1.19. The number of nitrogens with zero attached hydrogens (tertiary/aromatic N) is 3. The van der Waals surface area contributed by atoms with Crippen LogP contribution in [-0.4, -0.2) is 37.1 Å². The fourth-order valence-electron chi connectivity index (χ4n) is 3.95. The van der Waals surface area contributed by atoms with E-state index in [0.29, 0.717) is 11.1 Å². The Morgan fingerprint density at radius 2 is 1.94 bits per heavy atom. The van der Waals surface area contributed by atoms with Crippen LogP contribution in [0.4, 0.5) is 0 Å². The first-order chi connectivity index (χ1) is 15.3. The van der Waals surface area contributed by atoms with Crippen molar-refractivity contribution in [3.8, 4) is 10.4 Å². The highest BCUT2D eigenvalue weighted by molar-refractivity contribution is 7.17. The fraction of sp³-hybridized carbons (Fsp3) is 0.208. The molecule has 8 heteroatoms. The lowest BCUT2D eigenvalue weighted by atomic mass is 9.92. The van der Waals surface area contributed by atoms with Gasteiger partial charge in [-0.25, -0.2) is 4.79 Å². The Bertz CT molecular complexity index is 1330. The number of carbonyl (C=O) groups excluding carboxylic acids is 1. The van der Waals surface area contributed by atoms with E-state index in [4.69, 9.17) is 5.41 Å². The number of aromatic carboxylic acids is 1. The molecule has 0 aliphatic heterocycles. The Balaban J connectivity index is 1.94. The Morgan fingerprint density at radius 1 is 1.16 bits per heavy atom. The van der Waals surface area contributed by atoms with Crippen molar-refractivity contribution in [1.29, 1.82) is 5.41 Å². The van der Waals surface area contributed by atoms with Crippen molar-refractivity contribution in [2.75, 3.05) is 0 Å². The molecular formula is C24H22N4O3S. The molecule has 0 saturated heterocycles. The van der Waals surface area contributed by atoms with E-state index in [1.165, 1.54) is 18.3 Å². The zero-order chi connectivity index (χ0) is 23.0. The average molecular weight is 447 g/mol. The monoisotopic (exact) mass is 446 g/mol. The summed E-state index contributed by atoms with van der Waals surface area (Å²) in [5.74, 6) is -1.73. The predicted octanol–water partition coefficient (Wildman–Crippen LogP) is 5.18. The van der Waals surface area contributed by atoms with Gasteiger partial charge in [0.25, 0.3) is 0 Å². The molecule has 0 aliphatic carbocycles. The number of thiophene rings is 1. The number of hydrogen-bond acceptors (Lipinski definition) is 6. The number of hydrogen-bond donors (Lipinski definition) is 2. The maximum atomic E-state index is 12.2. The minimum atomic E-state index is -0.965. The Kier molecular flexibility index (Phi) is 5.71. The van der Waals surface area contributed by atoms with Crippen LogP contribution in [0.2, 0.25) is 0 Å². The maximum absolute atomic E-state index is 12.2. The van der Waals surface area contributed by atoms with E-state index in [2.05, 4.69) is 9.97 Å². The molecular weight excluding hydrogens is 424 g/mol. The van der Waals surface area contributed by atoms with E-state index in [9.17, 15) is 14.7 Å². The number of rotatable bonds is 7. The largest absolute Gasteiger partial charge is 0.477 e. The Labute approximate surface area is 188 Å². The first kappa shape index (κ1) is 21.6. The normalized spacial score (nSPS) is 13.1. The molecule has 0 aromatic carbocycles. The van der Waals surface area contributed by atoms with Gasteiger partial charge in [0.1, 0.15) is 10.7 Å². The molecule has 2 atom stereocenters.